The van der Waals surface area contributed by atoms with Crippen molar-refractivity contribution in [2.24, 2.45) is 5.92 Å². The third-order valence-corrected chi connectivity index (χ3v) is 8.18. The molecular weight excluding hydrogens is 530 g/mol. The number of imide groups is 1. The fraction of sp³-hybridized carbons (Fsp3) is 0.303. The minimum absolute atomic E-state index is 0.00189. The minimum Gasteiger partial charge on any atom is -0.370 e. The molecule has 0 radical (unpaired) electrons. The van der Waals surface area contributed by atoms with E-state index in [0.717, 1.165) is 24.8 Å². The van der Waals surface area contributed by atoms with Crippen LogP contribution in [0.2, 0.25) is 0 Å². The summed E-state index contributed by atoms with van der Waals surface area (Å²) in [6.07, 6.45) is 2.36. The fourth-order valence-corrected chi connectivity index (χ4v) is 5.90. The summed E-state index contributed by atoms with van der Waals surface area (Å²) in [6.45, 7) is 4.07. The highest BCUT2D eigenvalue weighted by Gasteiger charge is 2.40. The van der Waals surface area contributed by atoms with Gasteiger partial charge in [0, 0.05) is 26.2 Å². The van der Waals surface area contributed by atoms with Crippen molar-refractivity contribution in [3.63, 3.8) is 0 Å². The Morgan fingerprint density at radius 1 is 0.929 bits per heavy atom. The molecule has 0 spiro atoms. The van der Waals surface area contributed by atoms with Crippen molar-refractivity contribution >= 4 is 23.4 Å². The molecule has 9 heteroatoms. The summed E-state index contributed by atoms with van der Waals surface area (Å²) in [4.78, 5) is 46.2. The Morgan fingerprint density at radius 3 is 2.38 bits per heavy atom. The number of hydrogen-bond acceptors (Lipinski definition) is 7. The first kappa shape index (κ1) is 27.4. The molecule has 1 saturated heterocycles. The number of amides is 3. The van der Waals surface area contributed by atoms with Crippen LogP contribution < -0.4 is 4.90 Å². The van der Waals surface area contributed by atoms with E-state index < -0.39 is 0 Å². The maximum absolute atomic E-state index is 14.1. The number of aryl methyl sites for hydroxylation is 1. The number of aromatic nitrogens is 2. The largest absolute Gasteiger partial charge is 0.370 e. The van der Waals surface area contributed by atoms with Crippen molar-refractivity contribution in [3.8, 4) is 0 Å². The van der Waals surface area contributed by atoms with E-state index >= 15 is 0 Å². The van der Waals surface area contributed by atoms with Crippen molar-refractivity contribution in [2.75, 3.05) is 24.5 Å². The Labute approximate surface area is 244 Å². The average molecular weight is 564 g/mol. The van der Waals surface area contributed by atoms with Crippen molar-refractivity contribution in [2.45, 2.75) is 39.3 Å². The smallest absolute Gasteiger partial charge is 0.264 e. The Bertz CT molecular complexity index is 1590. The summed E-state index contributed by atoms with van der Waals surface area (Å²) in [5.41, 5.74) is 4.72. The molecule has 3 aromatic carbocycles. The minimum atomic E-state index is -0.366. The van der Waals surface area contributed by atoms with Crippen LogP contribution >= 0.6 is 0 Å². The van der Waals surface area contributed by atoms with Gasteiger partial charge in [-0.25, -0.2) is 4.63 Å². The standard InChI is InChI=1S/C33H33N5O4/c1-23-28(35-42-34-23)22-38-32(40)27-15-8-16-29(30(27)33(38)41)36-18-9-14-26(21-36)31(39)37(20-25-12-6-3-7-13-25)19-17-24-10-4-2-5-11-24/h2-8,10-13,15-16,26H,9,14,17-22H2,1H3/t26-/m1/s1. The first-order chi connectivity index (χ1) is 20.5. The highest BCUT2D eigenvalue weighted by molar-refractivity contribution is 6.23. The Morgan fingerprint density at radius 2 is 1.67 bits per heavy atom. The molecule has 6 rings (SSSR count). The molecule has 3 heterocycles. The van der Waals surface area contributed by atoms with Gasteiger partial charge >= 0.3 is 0 Å². The Kier molecular flexibility index (Phi) is 7.81. The van der Waals surface area contributed by atoms with Gasteiger partial charge in [0.15, 0.2) is 0 Å². The number of fused-ring (bicyclic) bond motifs is 1. The van der Waals surface area contributed by atoms with Gasteiger partial charge < -0.3 is 9.80 Å². The zero-order valence-corrected chi connectivity index (χ0v) is 23.6. The lowest BCUT2D eigenvalue weighted by Gasteiger charge is -2.37. The van der Waals surface area contributed by atoms with Gasteiger partial charge in [-0.15, -0.1) is 0 Å². The number of hydrogen-bond donors (Lipinski definition) is 0. The number of benzene rings is 3. The summed E-state index contributed by atoms with van der Waals surface area (Å²) >= 11 is 0. The molecule has 0 unspecified atom stereocenters. The predicted molar refractivity (Wildman–Crippen MR) is 157 cm³/mol. The van der Waals surface area contributed by atoms with Gasteiger partial charge in [-0.05, 0) is 49.4 Å². The first-order valence-electron chi connectivity index (χ1n) is 14.4. The number of nitrogens with zero attached hydrogens (tertiary/aromatic N) is 5. The lowest BCUT2D eigenvalue weighted by molar-refractivity contribution is -0.136. The summed E-state index contributed by atoms with van der Waals surface area (Å²) in [7, 11) is 0. The molecule has 1 atom stereocenters. The molecule has 1 aromatic heterocycles. The highest BCUT2D eigenvalue weighted by Crippen LogP contribution is 2.35. The van der Waals surface area contributed by atoms with E-state index in [0.29, 0.717) is 54.4 Å². The van der Waals surface area contributed by atoms with Crippen LogP contribution in [-0.4, -0.2) is 57.5 Å². The first-order valence-corrected chi connectivity index (χ1v) is 14.4. The maximum Gasteiger partial charge on any atom is 0.264 e. The predicted octanol–water partition coefficient (Wildman–Crippen LogP) is 4.66. The molecule has 9 nitrogen and oxygen atoms in total. The molecule has 4 aromatic rings. The molecule has 3 amide bonds. The van der Waals surface area contributed by atoms with Crippen LogP contribution in [0.3, 0.4) is 0 Å². The van der Waals surface area contributed by atoms with Crippen LogP contribution in [0.25, 0.3) is 0 Å². The van der Waals surface area contributed by atoms with Crippen LogP contribution in [0, 0.1) is 12.8 Å². The number of carbonyl (C=O) groups is 3. The van der Waals surface area contributed by atoms with E-state index in [2.05, 4.69) is 27.3 Å². The Balaban J connectivity index is 1.21. The fourth-order valence-electron chi connectivity index (χ4n) is 5.90. The maximum atomic E-state index is 14.1. The zero-order valence-electron chi connectivity index (χ0n) is 23.6. The molecule has 0 aliphatic carbocycles. The molecule has 2 aliphatic rings. The van der Waals surface area contributed by atoms with Gasteiger partial charge in [-0.1, -0.05) is 77.0 Å². The molecule has 1 fully saturated rings. The lowest BCUT2D eigenvalue weighted by atomic mass is 9.94. The van der Waals surface area contributed by atoms with Crippen LogP contribution in [-0.2, 0) is 24.3 Å². The normalized spacial score (nSPS) is 16.5. The van der Waals surface area contributed by atoms with Gasteiger partial charge in [0.2, 0.25) is 5.91 Å². The molecule has 0 N–H and O–H groups in total. The molecule has 0 bridgehead atoms. The summed E-state index contributed by atoms with van der Waals surface area (Å²) in [5, 5.41) is 7.61. The van der Waals surface area contributed by atoms with Crippen molar-refractivity contribution in [3.05, 3.63) is 113 Å². The van der Waals surface area contributed by atoms with Crippen LogP contribution in [0.4, 0.5) is 5.69 Å². The second-order valence-electron chi connectivity index (χ2n) is 11.0. The highest BCUT2D eigenvalue weighted by atomic mass is 16.6. The number of anilines is 1. The van der Waals surface area contributed by atoms with E-state index in [1.54, 1.807) is 19.1 Å². The average Bonchev–Trinajstić information content (AvgIpc) is 3.55. The van der Waals surface area contributed by atoms with Crippen molar-refractivity contribution < 1.29 is 19.0 Å². The molecule has 42 heavy (non-hydrogen) atoms. The van der Waals surface area contributed by atoms with E-state index in [1.807, 2.05) is 59.5 Å². The van der Waals surface area contributed by atoms with Crippen molar-refractivity contribution in [1.29, 1.82) is 0 Å². The van der Waals surface area contributed by atoms with E-state index in [1.165, 1.54) is 10.5 Å². The third-order valence-electron chi connectivity index (χ3n) is 8.18. The lowest BCUT2D eigenvalue weighted by Crippen LogP contribution is -2.45. The van der Waals surface area contributed by atoms with Gasteiger partial charge in [0.1, 0.15) is 11.4 Å². The van der Waals surface area contributed by atoms with Gasteiger partial charge in [0.25, 0.3) is 11.8 Å². The van der Waals surface area contributed by atoms with Gasteiger partial charge in [-0.3, -0.25) is 19.3 Å². The molecular formula is C33H33N5O4. The van der Waals surface area contributed by atoms with E-state index in [9.17, 15) is 14.4 Å². The topological polar surface area (TPSA) is 99.8 Å². The van der Waals surface area contributed by atoms with Crippen LogP contribution in [0.1, 0.15) is 56.1 Å². The van der Waals surface area contributed by atoms with Gasteiger partial charge in [-0.2, -0.15) is 0 Å². The second kappa shape index (κ2) is 12.0. The number of rotatable bonds is 9. The quantitative estimate of drug-likeness (QED) is 0.273. The summed E-state index contributed by atoms with van der Waals surface area (Å²) < 4.78 is 4.76. The molecule has 214 valence electrons. The van der Waals surface area contributed by atoms with Gasteiger partial charge in [0.05, 0.1) is 29.3 Å². The summed E-state index contributed by atoms with van der Waals surface area (Å²) in [6, 6.07) is 25.7. The SMILES string of the molecule is Cc1nonc1CN1C(=O)c2cccc(N3CCC[C@@H](C(=O)N(CCc4ccccc4)Cc4ccccc4)C3)c2C1=O. The van der Waals surface area contributed by atoms with Crippen molar-refractivity contribution in [1.82, 2.24) is 20.1 Å². The summed E-state index contributed by atoms with van der Waals surface area (Å²) in [5.74, 6) is -0.833. The molecule has 2 aliphatic heterocycles. The van der Waals surface area contributed by atoms with E-state index in [4.69, 9.17) is 4.63 Å². The number of carbonyl (C=O) groups excluding carboxylic acids is 3. The van der Waals surface area contributed by atoms with E-state index in [-0.39, 0.29) is 30.2 Å². The Hall–Kier alpha value is -4.79. The zero-order chi connectivity index (χ0) is 29.1. The monoisotopic (exact) mass is 563 g/mol. The number of piperidine rings is 1. The van der Waals surface area contributed by atoms with Crippen LogP contribution in [0.5, 0.6) is 0 Å². The molecule has 0 saturated carbocycles. The second-order valence-corrected chi connectivity index (χ2v) is 11.0. The third kappa shape index (κ3) is 5.54. The van der Waals surface area contributed by atoms with Crippen LogP contribution in [0.15, 0.2) is 83.5 Å².